The van der Waals surface area contributed by atoms with Gasteiger partial charge in [0.05, 0.1) is 39.6 Å². The van der Waals surface area contributed by atoms with Gasteiger partial charge in [0.2, 0.25) is 0 Å². The van der Waals surface area contributed by atoms with Crippen LogP contribution in [-0.4, -0.2) is 84.9 Å². The summed E-state index contributed by atoms with van der Waals surface area (Å²) in [5.74, 6) is 0. The minimum Gasteiger partial charge on any atom is -0.383 e. The van der Waals surface area contributed by atoms with Crippen molar-refractivity contribution in [2.45, 2.75) is 94.2 Å². The lowest BCUT2D eigenvalue weighted by molar-refractivity contribution is -0.552. The molecule has 0 radical (unpaired) electrons. The fourth-order valence-electron chi connectivity index (χ4n) is 7.60. The van der Waals surface area contributed by atoms with Gasteiger partial charge in [-0.25, -0.2) is 0 Å². The molecule has 2 aliphatic rings. The molecule has 0 aliphatic carbocycles. The summed E-state index contributed by atoms with van der Waals surface area (Å²) in [7, 11) is 1.44. The van der Waals surface area contributed by atoms with E-state index in [9.17, 15) is 15.2 Å². The van der Waals surface area contributed by atoms with Crippen LogP contribution in [0.1, 0.15) is 27.8 Å². The van der Waals surface area contributed by atoms with Crippen molar-refractivity contribution in [3.63, 3.8) is 0 Å². The Hall–Kier alpha value is -4.86. The van der Waals surface area contributed by atoms with Gasteiger partial charge in [-0.2, -0.15) is 0 Å². The molecule has 0 bridgehead atoms. The van der Waals surface area contributed by atoms with Crippen molar-refractivity contribution >= 4 is 0 Å². The van der Waals surface area contributed by atoms with Crippen molar-refractivity contribution in [2.75, 3.05) is 13.7 Å². The maximum absolute atomic E-state index is 13.4. The second-order valence-corrected chi connectivity index (χ2v) is 14.7. The Bertz CT molecular complexity index is 1960. The average Bonchev–Trinajstić information content (AvgIpc) is 3.81. The maximum atomic E-state index is 13.4. The number of methoxy groups -OCH3 is 1. The van der Waals surface area contributed by atoms with Gasteiger partial charge in [0.1, 0.15) is 36.6 Å². The molecular weight excluding hydrogens is 755 g/mol. The summed E-state index contributed by atoms with van der Waals surface area (Å²) in [5, 5.41) is 25.8. The molecule has 2 aliphatic heterocycles. The molecule has 5 aromatic carbocycles. The summed E-state index contributed by atoms with van der Waals surface area (Å²) in [6.45, 7) is 0.972. The van der Waals surface area contributed by atoms with Crippen molar-refractivity contribution in [3.8, 4) is 0 Å². The van der Waals surface area contributed by atoms with Crippen molar-refractivity contribution < 1.29 is 47.9 Å². The Morgan fingerprint density at radius 1 is 0.542 bits per heavy atom. The molecule has 1 N–H and O–H groups in total. The molecule has 0 spiro atoms. The molecule has 5 aromatic rings. The molecule has 0 amide bonds. The van der Waals surface area contributed by atoms with Crippen LogP contribution >= 0.6 is 0 Å². The third-order valence-corrected chi connectivity index (χ3v) is 10.6. The zero-order chi connectivity index (χ0) is 40.8. The number of nitrogens with zero attached hydrogens (tertiary/aromatic N) is 1. The summed E-state index contributed by atoms with van der Waals surface area (Å²) in [4.78, 5) is 12.8. The standard InChI is InChI=1S/C47H51NO11/c1-52-47-46(57-31-37-25-15-6-16-26-37)45(56-30-36-23-13-5-14-24-36)42(59-47)39(48(50)51)40(49)43-44(55-29-35-21-11-4-12-22-35)41(54-28-34-19-9-3-10-20-34)38(58-43)32-53-27-33-17-7-2-8-18-33/h2-26,38-47,49H,27-32H2,1H3/t38-,39?,40?,41-,42-,43-,44+,45-,46+,47+/m1/s1. The van der Waals surface area contributed by atoms with Crippen LogP contribution in [0, 0.1) is 10.1 Å². The van der Waals surface area contributed by atoms with Crippen molar-refractivity contribution in [3.05, 3.63) is 190 Å². The SMILES string of the molecule is CO[C@H]1O[C@H](C(C(O)[C@H]2O[C@H](COCc3ccccc3)[C@@H](OCc3ccccc3)[C@@H]2OCc2ccccc2)[N+](=O)[O-])[C@@H](OCc2ccccc2)[C@@H]1OCc1ccccc1. The largest absolute Gasteiger partial charge is 0.383 e. The molecule has 12 nitrogen and oxygen atoms in total. The van der Waals surface area contributed by atoms with Crippen LogP contribution in [0.3, 0.4) is 0 Å². The maximum Gasteiger partial charge on any atom is 0.269 e. The fourth-order valence-corrected chi connectivity index (χ4v) is 7.60. The summed E-state index contributed by atoms with van der Waals surface area (Å²) in [6, 6.07) is 46.1. The van der Waals surface area contributed by atoms with Crippen LogP contribution in [0.15, 0.2) is 152 Å². The van der Waals surface area contributed by atoms with Crippen LogP contribution in [0.5, 0.6) is 0 Å². The predicted octanol–water partition coefficient (Wildman–Crippen LogP) is 6.69. The van der Waals surface area contributed by atoms with E-state index in [1.807, 2.05) is 152 Å². The van der Waals surface area contributed by atoms with Crippen LogP contribution in [0.4, 0.5) is 0 Å². The number of ether oxygens (including phenoxy) is 8. The summed E-state index contributed by atoms with van der Waals surface area (Å²) in [5.41, 5.74) is 4.48. The van der Waals surface area contributed by atoms with Crippen molar-refractivity contribution in [1.82, 2.24) is 0 Å². The molecule has 7 rings (SSSR count). The first kappa shape index (κ1) is 42.3. The highest BCUT2D eigenvalue weighted by Crippen LogP contribution is 2.37. The lowest BCUT2D eigenvalue weighted by Gasteiger charge is -2.31. The smallest absolute Gasteiger partial charge is 0.269 e. The topological polar surface area (TPSA) is 137 Å². The third-order valence-electron chi connectivity index (χ3n) is 10.6. The molecule has 0 saturated carbocycles. The minimum atomic E-state index is -1.77. The molecule has 12 heteroatoms. The minimum absolute atomic E-state index is 0.0653. The number of rotatable bonds is 21. The van der Waals surface area contributed by atoms with Gasteiger partial charge in [0, 0.05) is 12.0 Å². The molecular formula is C47H51NO11. The highest BCUT2D eigenvalue weighted by atomic mass is 16.7. The quantitative estimate of drug-likeness (QED) is 0.0628. The first-order valence-electron chi connectivity index (χ1n) is 19.9. The Morgan fingerprint density at radius 3 is 1.32 bits per heavy atom. The van der Waals surface area contributed by atoms with Crippen molar-refractivity contribution in [1.29, 1.82) is 0 Å². The fraction of sp³-hybridized carbons (Fsp3) is 0.362. The van der Waals surface area contributed by atoms with E-state index in [0.717, 1.165) is 27.8 Å². The van der Waals surface area contributed by atoms with Gasteiger partial charge in [-0.15, -0.1) is 0 Å². The Labute approximate surface area is 344 Å². The van der Waals surface area contributed by atoms with E-state index in [1.165, 1.54) is 7.11 Å². The zero-order valence-electron chi connectivity index (χ0n) is 32.9. The highest BCUT2D eigenvalue weighted by Gasteiger charge is 2.60. The van der Waals surface area contributed by atoms with E-state index in [4.69, 9.17) is 37.9 Å². The first-order chi connectivity index (χ1) is 29.0. The summed E-state index contributed by atoms with van der Waals surface area (Å²) in [6.07, 6.45) is -9.83. The molecule has 59 heavy (non-hydrogen) atoms. The van der Waals surface area contributed by atoms with E-state index < -0.39 is 66.1 Å². The van der Waals surface area contributed by atoms with E-state index >= 15 is 0 Å². The average molecular weight is 806 g/mol. The number of hydrogen-bond acceptors (Lipinski definition) is 11. The molecule has 0 aromatic heterocycles. The highest BCUT2D eigenvalue weighted by molar-refractivity contribution is 5.17. The normalized spacial score (nSPS) is 25.1. The summed E-state index contributed by atoms with van der Waals surface area (Å²) < 4.78 is 50.9. The van der Waals surface area contributed by atoms with Crippen LogP contribution in [-0.2, 0) is 70.9 Å². The van der Waals surface area contributed by atoms with Crippen molar-refractivity contribution in [2.24, 2.45) is 0 Å². The van der Waals surface area contributed by atoms with E-state index in [2.05, 4.69) is 0 Å². The Morgan fingerprint density at radius 2 is 0.915 bits per heavy atom. The number of nitro groups is 1. The molecule has 2 saturated heterocycles. The second-order valence-electron chi connectivity index (χ2n) is 14.7. The first-order valence-corrected chi connectivity index (χ1v) is 19.9. The van der Waals surface area contributed by atoms with Gasteiger partial charge in [-0.3, -0.25) is 10.1 Å². The monoisotopic (exact) mass is 805 g/mol. The lowest BCUT2D eigenvalue weighted by Crippen LogP contribution is -2.56. The van der Waals surface area contributed by atoms with Gasteiger partial charge >= 0.3 is 0 Å². The van der Waals surface area contributed by atoms with Crippen LogP contribution in [0.2, 0.25) is 0 Å². The number of hydrogen-bond donors (Lipinski definition) is 1. The number of aliphatic hydroxyl groups excluding tert-OH is 1. The van der Waals surface area contributed by atoms with Gasteiger partial charge in [0.15, 0.2) is 18.5 Å². The molecule has 2 fully saturated rings. The second kappa shape index (κ2) is 21.4. The lowest BCUT2D eigenvalue weighted by atomic mass is 9.92. The zero-order valence-corrected chi connectivity index (χ0v) is 32.9. The molecule has 310 valence electrons. The van der Waals surface area contributed by atoms with Gasteiger partial charge in [-0.05, 0) is 27.8 Å². The van der Waals surface area contributed by atoms with E-state index in [1.54, 1.807) is 0 Å². The summed E-state index contributed by atoms with van der Waals surface area (Å²) >= 11 is 0. The molecule has 2 heterocycles. The number of benzene rings is 5. The van der Waals surface area contributed by atoms with Gasteiger partial charge < -0.3 is 43.0 Å². The van der Waals surface area contributed by atoms with E-state index in [-0.39, 0.29) is 33.0 Å². The molecule has 2 unspecified atom stereocenters. The Kier molecular flexibility index (Phi) is 15.3. The Balaban J connectivity index is 1.19. The molecule has 10 atom stereocenters. The third kappa shape index (κ3) is 11.3. The number of aliphatic hydroxyl groups is 1. The predicted molar refractivity (Wildman–Crippen MR) is 217 cm³/mol. The van der Waals surface area contributed by atoms with E-state index in [0.29, 0.717) is 6.61 Å². The van der Waals surface area contributed by atoms with Gasteiger partial charge in [0.25, 0.3) is 6.04 Å². The van der Waals surface area contributed by atoms with Gasteiger partial charge in [-0.1, -0.05) is 152 Å². The van der Waals surface area contributed by atoms with Crippen LogP contribution < -0.4 is 0 Å². The van der Waals surface area contributed by atoms with Crippen LogP contribution in [0.25, 0.3) is 0 Å².